The van der Waals surface area contributed by atoms with Gasteiger partial charge in [0, 0.05) is 44.2 Å². The van der Waals surface area contributed by atoms with Gasteiger partial charge in [0.1, 0.15) is 23.7 Å². The number of hydrogen-bond donors (Lipinski definition) is 0. The molecule has 2 aromatic carbocycles. The van der Waals surface area contributed by atoms with E-state index < -0.39 is 6.04 Å². The molecule has 7 heteroatoms. The van der Waals surface area contributed by atoms with Gasteiger partial charge in [-0.15, -0.1) is 0 Å². The minimum absolute atomic E-state index is 0.0107. The number of para-hydroxylation sites is 1. The van der Waals surface area contributed by atoms with Crippen LogP contribution in [0.5, 0.6) is 5.75 Å². The molecule has 0 aromatic heterocycles. The number of rotatable bonds is 6. The Labute approximate surface area is 193 Å². The molecule has 2 saturated heterocycles. The summed E-state index contributed by atoms with van der Waals surface area (Å²) in [5.41, 5.74) is 2.19. The van der Waals surface area contributed by atoms with E-state index in [1.165, 1.54) is 17.7 Å². The van der Waals surface area contributed by atoms with E-state index in [1.54, 1.807) is 21.9 Å². The Bertz CT molecular complexity index is 1030. The maximum absolute atomic E-state index is 13.3. The lowest BCUT2D eigenvalue weighted by atomic mass is 9.92. The first-order valence-corrected chi connectivity index (χ1v) is 11.8. The Morgan fingerprint density at radius 3 is 2.64 bits per heavy atom. The SMILES string of the molecule is CCC1Oc2ccccc2C1CN1CCN2C(=O)CN(CCc3ccc(F)cc3)C(=O)C2C1. The number of ether oxygens (including phenoxy) is 1. The first kappa shape index (κ1) is 21.9. The van der Waals surface area contributed by atoms with Gasteiger partial charge in [0.15, 0.2) is 0 Å². The molecule has 3 aliphatic heterocycles. The summed E-state index contributed by atoms with van der Waals surface area (Å²) in [7, 11) is 0. The summed E-state index contributed by atoms with van der Waals surface area (Å²) in [5, 5.41) is 0. The van der Waals surface area contributed by atoms with Gasteiger partial charge >= 0.3 is 0 Å². The number of piperazine rings is 2. The van der Waals surface area contributed by atoms with Crippen LogP contribution in [0.3, 0.4) is 0 Å². The minimum Gasteiger partial charge on any atom is -0.489 e. The molecule has 2 aromatic rings. The molecule has 0 aliphatic carbocycles. The molecule has 3 unspecified atom stereocenters. The summed E-state index contributed by atoms with van der Waals surface area (Å²) in [5.74, 6) is 0.975. The Morgan fingerprint density at radius 2 is 1.85 bits per heavy atom. The van der Waals surface area contributed by atoms with Crippen LogP contribution in [0.1, 0.15) is 30.4 Å². The maximum Gasteiger partial charge on any atom is 0.247 e. The lowest BCUT2D eigenvalue weighted by Gasteiger charge is -2.46. The second kappa shape index (κ2) is 9.14. The Hall–Kier alpha value is -2.93. The van der Waals surface area contributed by atoms with Gasteiger partial charge in [0.05, 0.1) is 6.54 Å². The molecule has 0 spiro atoms. The lowest BCUT2D eigenvalue weighted by molar-refractivity contribution is -0.159. The van der Waals surface area contributed by atoms with Gasteiger partial charge in [0.2, 0.25) is 11.8 Å². The predicted molar refractivity (Wildman–Crippen MR) is 123 cm³/mol. The molecule has 3 heterocycles. The highest BCUT2D eigenvalue weighted by Gasteiger charge is 2.43. The molecule has 0 radical (unpaired) electrons. The fraction of sp³-hybridized carbons (Fsp3) is 0.462. The van der Waals surface area contributed by atoms with E-state index in [0.29, 0.717) is 26.1 Å². The molecule has 2 fully saturated rings. The highest BCUT2D eigenvalue weighted by molar-refractivity contribution is 5.95. The van der Waals surface area contributed by atoms with Gasteiger partial charge in [0.25, 0.3) is 0 Å². The lowest BCUT2D eigenvalue weighted by Crippen LogP contribution is -2.67. The second-order valence-corrected chi connectivity index (χ2v) is 9.21. The molecular weight excluding hydrogens is 421 g/mol. The fourth-order valence-corrected chi connectivity index (χ4v) is 5.36. The molecule has 5 rings (SSSR count). The van der Waals surface area contributed by atoms with Gasteiger partial charge in [-0.1, -0.05) is 37.3 Å². The standard InChI is InChI=1S/C26H30FN3O3/c1-2-23-21(20-5-3-4-6-24(20)33-23)15-28-13-14-30-22(16-28)26(32)29(17-25(30)31)12-11-18-7-9-19(27)10-8-18/h3-10,21-23H,2,11-17H2,1H3. The number of carbonyl (C=O) groups excluding carboxylic acids is 2. The Kier molecular flexibility index (Phi) is 6.06. The van der Waals surface area contributed by atoms with Crippen LogP contribution in [-0.4, -0.2) is 77.9 Å². The van der Waals surface area contributed by atoms with Crippen molar-refractivity contribution >= 4 is 11.8 Å². The highest BCUT2D eigenvalue weighted by atomic mass is 19.1. The molecule has 0 saturated carbocycles. The van der Waals surface area contributed by atoms with E-state index in [-0.39, 0.29) is 36.2 Å². The Balaban J connectivity index is 1.25. The summed E-state index contributed by atoms with van der Waals surface area (Å²) in [6, 6.07) is 14.1. The van der Waals surface area contributed by atoms with Gasteiger partial charge in [-0.05, 0) is 36.6 Å². The maximum atomic E-state index is 13.3. The molecular formula is C26H30FN3O3. The summed E-state index contributed by atoms with van der Waals surface area (Å²) in [4.78, 5) is 31.8. The Morgan fingerprint density at radius 1 is 1.06 bits per heavy atom. The number of halogens is 1. The molecule has 3 atom stereocenters. The van der Waals surface area contributed by atoms with Crippen molar-refractivity contribution in [2.45, 2.75) is 37.8 Å². The summed E-state index contributed by atoms with van der Waals surface area (Å²) >= 11 is 0. The average molecular weight is 452 g/mol. The van der Waals surface area contributed by atoms with E-state index >= 15 is 0 Å². The van der Waals surface area contributed by atoms with Crippen molar-refractivity contribution in [1.29, 1.82) is 0 Å². The van der Waals surface area contributed by atoms with Gasteiger partial charge < -0.3 is 14.5 Å². The van der Waals surface area contributed by atoms with Crippen molar-refractivity contribution < 1.29 is 18.7 Å². The topological polar surface area (TPSA) is 53.1 Å². The summed E-state index contributed by atoms with van der Waals surface area (Å²) in [6.45, 7) is 5.43. The van der Waals surface area contributed by atoms with Crippen molar-refractivity contribution in [1.82, 2.24) is 14.7 Å². The van der Waals surface area contributed by atoms with Crippen molar-refractivity contribution in [3.05, 3.63) is 65.5 Å². The molecule has 3 aliphatic rings. The molecule has 33 heavy (non-hydrogen) atoms. The first-order valence-electron chi connectivity index (χ1n) is 11.8. The van der Waals surface area contributed by atoms with Crippen LogP contribution in [0, 0.1) is 5.82 Å². The van der Waals surface area contributed by atoms with E-state index in [4.69, 9.17) is 4.74 Å². The molecule has 2 amide bonds. The fourth-order valence-electron chi connectivity index (χ4n) is 5.36. The molecule has 0 N–H and O–H groups in total. The largest absolute Gasteiger partial charge is 0.489 e. The van der Waals surface area contributed by atoms with Crippen LogP contribution < -0.4 is 4.74 Å². The highest BCUT2D eigenvalue weighted by Crippen LogP contribution is 2.40. The third kappa shape index (κ3) is 4.34. The van der Waals surface area contributed by atoms with Crippen LogP contribution >= 0.6 is 0 Å². The number of hydrogen-bond acceptors (Lipinski definition) is 4. The quantitative estimate of drug-likeness (QED) is 0.678. The number of benzene rings is 2. The van der Waals surface area contributed by atoms with Crippen LogP contribution in [0.25, 0.3) is 0 Å². The van der Waals surface area contributed by atoms with Crippen molar-refractivity contribution in [2.75, 3.05) is 39.3 Å². The first-order chi connectivity index (χ1) is 16.0. The predicted octanol–water partition coefficient (Wildman–Crippen LogP) is 2.68. The number of amides is 2. The summed E-state index contributed by atoms with van der Waals surface area (Å²) in [6.07, 6.45) is 1.66. The number of fused-ring (bicyclic) bond motifs is 2. The smallest absolute Gasteiger partial charge is 0.247 e. The van der Waals surface area contributed by atoms with Crippen LogP contribution in [0.15, 0.2) is 48.5 Å². The number of carbonyl (C=O) groups is 2. The second-order valence-electron chi connectivity index (χ2n) is 9.21. The zero-order valence-electron chi connectivity index (χ0n) is 19.0. The van der Waals surface area contributed by atoms with Crippen molar-refractivity contribution in [3.8, 4) is 5.75 Å². The van der Waals surface area contributed by atoms with Crippen LogP contribution in [0.4, 0.5) is 4.39 Å². The van der Waals surface area contributed by atoms with Gasteiger partial charge in [-0.25, -0.2) is 4.39 Å². The zero-order chi connectivity index (χ0) is 22.9. The van der Waals surface area contributed by atoms with Crippen LogP contribution in [-0.2, 0) is 16.0 Å². The van der Waals surface area contributed by atoms with E-state index in [0.717, 1.165) is 30.8 Å². The third-order valence-corrected chi connectivity index (χ3v) is 7.19. The van der Waals surface area contributed by atoms with Crippen molar-refractivity contribution in [3.63, 3.8) is 0 Å². The molecule has 174 valence electrons. The van der Waals surface area contributed by atoms with E-state index in [2.05, 4.69) is 17.9 Å². The van der Waals surface area contributed by atoms with E-state index in [1.807, 2.05) is 18.2 Å². The van der Waals surface area contributed by atoms with Gasteiger partial charge in [-0.3, -0.25) is 14.5 Å². The van der Waals surface area contributed by atoms with Gasteiger partial charge in [-0.2, -0.15) is 0 Å². The summed E-state index contributed by atoms with van der Waals surface area (Å²) < 4.78 is 19.3. The molecule has 0 bridgehead atoms. The normalized spacial score (nSPS) is 25.1. The molecule has 6 nitrogen and oxygen atoms in total. The minimum atomic E-state index is -0.439. The zero-order valence-corrected chi connectivity index (χ0v) is 19.0. The van der Waals surface area contributed by atoms with Crippen molar-refractivity contribution in [2.24, 2.45) is 0 Å². The average Bonchev–Trinajstić information content (AvgIpc) is 3.19. The van der Waals surface area contributed by atoms with E-state index in [9.17, 15) is 14.0 Å². The monoisotopic (exact) mass is 451 g/mol. The van der Waals surface area contributed by atoms with Crippen LogP contribution in [0.2, 0.25) is 0 Å². The third-order valence-electron chi connectivity index (χ3n) is 7.19. The number of nitrogens with zero attached hydrogens (tertiary/aromatic N) is 3.